The molecule has 118 valence electrons. The highest BCUT2D eigenvalue weighted by Gasteiger charge is 2.14. The van der Waals surface area contributed by atoms with Gasteiger partial charge in [0.25, 0.3) is 0 Å². The number of hydrogen-bond donors (Lipinski definition) is 0. The SMILES string of the molecule is N#Cc1ncccc1C(=O)OCc1csc(-c2cccc(Cl)c2)n1. The number of benzene rings is 1. The lowest BCUT2D eigenvalue weighted by Crippen LogP contribution is -2.08. The molecular weight excluding hydrogens is 346 g/mol. The Hall–Kier alpha value is -2.75. The summed E-state index contributed by atoms with van der Waals surface area (Å²) >= 11 is 7.42. The van der Waals surface area contributed by atoms with E-state index < -0.39 is 5.97 Å². The van der Waals surface area contributed by atoms with E-state index in [1.54, 1.807) is 12.1 Å². The van der Waals surface area contributed by atoms with Gasteiger partial charge in [-0.25, -0.2) is 14.8 Å². The molecule has 0 saturated carbocycles. The molecule has 0 fully saturated rings. The van der Waals surface area contributed by atoms with Crippen molar-refractivity contribution >= 4 is 28.9 Å². The van der Waals surface area contributed by atoms with Gasteiger partial charge in [0.05, 0.1) is 11.3 Å². The monoisotopic (exact) mass is 355 g/mol. The molecule has 5 nitrogen and oxygen atoms in total. The maximum atomic E-state index is 12.1. The minimum Gasteiger partial charge on any atom is -0.455 e. The van der Waals surface area contributed by atoms with Crippen LogP contribution >= 0.6 is 22.9 Å². The van der Waals surface area contributed by atoms with E-state index in [1.165, 1.54) is 23.6 Å². The molecule has 0 unspecified atom stereocenters. The standard InChI is InChI=1S/C17H10ClN3O2S/c18-12-4-1-3-11(7-12)16-21-13(10-24-16)9-23-17(22)14-5-2-6-20-15(14)8-19/h1-7,10H,9H2. The van der Waals surface area contributed by atoms with Crippen molar-refractivity contribution in [2.45, 2.75) is 6.61 Å². The zero-order valence-electron chi connectivity index (χ0n) is 12.3. The molecule has 3 aromatic rings. The summed E-state index contributed by atoms with van der Waals surface area (Å²) in [4.78, 5) is 20.3. The van der Waals surface area contributed by atoms with E-state index in [4.69, 9.17) is 21.6 Å². The first-order valence-corrected chi connectivity index (χ1v) is 8.15. The number of halogens is 1. The molecule has 1 aromatic carbocycles. The summed E-state index contributed by atoms with van der Waals surface area (Å²) in [7, 11) is 0. The number of ether oxygens (including phenoxy) is 1. The number of carbonyl (C=O) groups excluding carboxylic acids is 1. The molecule has 0 aliphatic rings. The van der Waals surface area contributed by atoms with Crippen molar-refractivity contribution in [1.82, 2.24) is 9.97 Å². The van der Waals surface area contributed by atoms with Crippen LogP contribution in [0.15, 0.2) is 48.0 Å². The minimum absolute atomic E-state index is 0.0235. The van der Waals surface area contributed by atoms with Crippen molar-refractivity contribution in [3.05, 3.63) is 69.9 Å². The van der Waals surface area contributed by atoms with Gasteiger partial charge in [-0.2, -0.15) is 5.26 Å². The van der Waals surface area contributed by atoms with E-state index >= 15 is 0 Å². The van der Waals surface area contributed by atoms with Crippen LogP contribution in [0.2, 0.25) is 5.02 Å². The fourth-order valence-electron chi connectivity index (χ4n) is 2.00. The second-order valence-corrected chi connectivity index (χ2v) is 6.04. The first kappa shape index (κ1) is 16.1. The molecule has 2 heterocycles. The fourth-order valence-corrected chi connectivity index (χ4v) is 3.00. The van der Waals surface area contributed by atoms with Gasteiger partial charge in [-0.3, -0.25) is 0 Å². The number of carbonyl (C=O) groups is 1. The number of thiazole rings is 1. The Balaban J connectivity index is 1.70. The van der Waals surface area contributed by atoms with Gasteiger partial charge < -0.3 is 4.74 Å². The molecule has 24 heavy (non-hydrogen) atoms. The van der Waals surface area contributed by atoms with Crippen molar-refractivity contribution in [3.63, 3.8) is 0 Å². The van der Waals surface area contributed by atoms with Crippen LogP contribution in [-0.4, -0.2) is 15.9 Å². The smallest absolute Gasteiger partial charge is 0.341 e. The summed E-state index contributed by atoms with van der Waals surface area (Å²) in [5.74, 6) is -0.600. The van der Waals surface area contributed by atoms with Gasteiger partial charge in [-0.15, -0.1) is 11.3 Å². The van der Waals surface area contributed by atoms with Crippen LogP contribution in [0.25, 0.3) is 10.6 Å². The van der Waals surface area contributed by atoms with Crippen LogP contribution in [0.5, 0.6) is 0 Å². The topological polar surface area (TPSA) is 75.9 Å². The molecule has 0 atom stereocenters. The molecule has 0 radical (unpaired) electrons. The largest absolute Gasteiger partial charge is 0.455 e. The van der Waals surface area contributed by atoms with Crippen LogP contribution in [0.3, 0.4) is 0 Å². The minimum atomic E-state index is -0.600. The van der Waals surface area contributed by atoms with Crippen LogP contribution in [0, 0.1) is 11.3 Å². The van der Waals surface area contributed by atoms with Crippen LogP contribution < -0.4 is 0 Å². The number of nitriles is 1. The summed E-state index contributed by atoms with van der Waals surface area (Å²) < 4.78 is 5.22. The molecular formula is C17H10ClN3O2S. The van der Waals surface area contributed by atoms with E-state index in [-0.39, 0.29) is 17.9 Å². The third-order valence-corrected chi connectivity index (χ3v) is 4.28. The summed E-state index contributed by atoms with van der Waals surface area (Å²) in [6.07, 6.45) is 1.45. The average Bonchev–Trinajstić information content (AvgIpc) is 3.08. The van der Waals surface area contributed by atoms with E-state index in [2.05, 4.69) is 9.97 Å². The highest BCUT2D eigenvalue weighted by atomic mass is 35.5. The second-order valence-electron chi connectivity index (χ2n) is 4.74. The summed E-state index contributed by atoms with van der Waals surface area (Å²) in [6, 6.07) is 12.3. The van der Waals surface area contributed by atoms with Crippen molar-refractivity contribution in [2.75, 3.05) is 0 Å². The van der Waals surface area contributed by atoms with Crippen LogP contribution in [0.4, 0.5) is 0 Å². The zero-order chi connectivity index (χ0) is 16.9. The number of esters is 1. The van der Waals surface area contributed by atoms with E-state index in [1.807, 2.05) is 29.6 Å². The molecule has 0 aliphatic carbocycles. The Morgan fingerprint density at radius 1 is 1.33 bits per heavy atom. The van der Waals surface area contributed by atoms with Crippen LogP contribution in [0.1, 0.15) is 21.7 Å². The van der Waals surface area contributed by atoms with Crippen molar-refractivity contribution in [1.29, 1.82) is 5.26 Å². The van der Waals surface area contributed by atoms with E-state index in [9.17, 15) is 4.79 Å². The number of pyridine rings is 1. The third kappa shape index (κ3) is 3.59. The molecule has 0 aliphatic heterocycles. The Morgan fingerprint density at radius 3 is 3.00 bits per heavy atom. The molecule has 0 saturated heterocycles. The lowest BCUT2D eigenvalue weighted by molar-refractivity contribution is 0.0467. The number of rotatable bonds is 4. The van der Waals surface area contributed by atoms with E-state index in [0.717, 1.165) is 10.6 Å². The maximum absolute atomic E-state index is 12.1. The van der Waals surface area contributed by atoms with Crippen molar-refractivity contribution < 1.29 is 9.53 Å². The normalized spacial score (nSPS) is 10.2. The molecule has 0 N–H and O–H groups in total. The van der Waals surface area contributed by atoms with Gasteiger partial charge in [0.15, 0.2) is 5.69 Å². The Bertz CT molecular complexity index is 933. The average molecular weight is 356 g/mol. The lowest BCUT2D eigenvalue weighted by Gasteiger charge is -2.03. The molecule has 0 bridgehead atoms. The van der Waals surface area contributed by atoms with Gasteiger partial charge in [-0.1, -0.05) is 23.7 Å². The third-order valence-electron chi connectivity index (χ3n) is 3.11. The molecule has 2 aromatic heterocycles. The van der Waals surface area contributed by atoms with Gasteiger partial charge >= 0.3 is 5.97 Å². The number of aromatic nitrogens is 2. The Labute approximate surface area is 147 Å². The van der Waals surface area contributed by atoms with Gasteiger partial charge in [0.1, 0.15) is 17.7 Å². The molecule has 7 heteroatoms. The van der Waals surface area contributed by atoms with Gasteiger partial charge in [0, 0.05) is 22.2 Å². The van der Waals surface area contributed by atoms with E-state index in [0.29, 0.717) is 10.7 Å². The van der Waals surface area contributed by atoms with Crippen molar-refractivity contribution in [3.8, 4) is 16.6 Å². The number of hydrogen-bond acceptors (Lipinski definition) is 6. The Morgan fingerprint density at radius 2 is 2.21 bits per heavy atom. The molecule has 3 rings (SSSR count). The summed E-state index contributed by atoms with van der Waals surface area (Å²) in [5, 5.41) is 12.2. The Kier molecular flexibility index (Phi) is 4.85. The number of nitrogens with zero attached hydrogens (tertiary/aromatic N) is 3. The lowest BCUT2D eigenvalue weighted by atomic mass is 10.2. The second kappa shape index (κ2) is 7.21. The maximum Gasteiger partial charge on any atom is 0.341 e. The molecule has 0 spiro atoms. The first-order chi connectivity index (χ1) is 11.7. The molecule has 0 amide bonds. The van der Waals surface area contributed by atoms with Gasteiger partial charge in [0.2, 0.25) is 0 Å². The predicted octanol–water partition coefficient (Wildman–Crippen LogP) is 4.09. The van der Waals surface area contributed by atoms with Gasteiger partial charge in [-0.05, 0) is 24.3 Å². The van der Waals surface area contributed by atoms with Crippen LogP contribution in [-0.2, 0) is 11.3 Å². The highest BCUT2D eigenvalue weighted by molar-refractivity contribution is 7.13. The summed E-state index contributed by atoms with van der Waals surface area (Å²) in [6.45, 7) is 0.0235. The quantitative estimate of drug-likeness (QED) is 0.659. The zero-order valence-corrected chi connectivity index (χ0v) is 13.8. The van der Waals surface area contributed by atoms with Crippen molar-refractivity contribution in [2.24, 2.45) is 0 Å². The highest BCUT2D eigenvalue weighted by Crippen LogP contribution is 2.26. The first-order valence-electron chi connectivity index (χ1n) is 6.90. The predicted molar refractivity (Wildman–Crippen MR) is 90.6 cm³/mol. The summed E-state index contributed by atoms with van der Waals surface area (Å²) in [5.41, 5.74) is 1.72. The fraction of sp³-hybridized carbons (Fsp3) is 0.0588.